The summed E-state index contributed by atoms with van der Waals surface area (Å²) in [4.78, 5) is 12.2. The Morgan fingerprint density at radius 3 is 2.52 bits per heavy atom. The highest BCUT2D eigenvalue weighted by molar-refractivity contribution is 8.00. The summed E-state index contributed by atoms with van der Waals surface area (Å²) in [6.07, 6.45) is 0. The summed E-state index contributed by atoms with van der Waals surface area (Å²) in [6, 6.07) is 5.84. The van der Waals surface area contributed by atoms with E-state index >= 15 is 0 Å². The number of thioether (sulfide) groups is 1. The van der Waals surface area contributed by atoms with E-state index in [4.69, 9.17) is 0 Å². The number of aromatic nitrogens is 2. The summed E-state index contributed by atoms with van der Waals surface area (Å²) in [5.74, 6) is -0.709. The highest BCUT2D eigenvalue weighted by Gasteiger charge is 2.23. The third-order valence-corrected chi connectivity index (χ3v) is 4.08. The topological polar surface area (TPSA) is 82.1 Å². The first-order chi connectivity index (χ1) is 9.86. The molecule has 1 amide bonds. The average Bonchev–Trinajstić information content (AvgIpc) is 2.69. The first-order valence-electron chi connectivity index (χ1n) is 6.45. The van der Waals surface area contributed by atoms with E-state index in [1.807, 2.05) is 32.0 Å². The van der Waals surface area contributed by atoms with E-state index in [1.54, 1.807) is 14.0 Å². The summed E-state index contributed by atoms with van der Waals surface area (Å²) < 4.78 is 5.86. The maximum Gasteiger partial charge on any atom is 0.291 e. The SMILES string of the molecule is Cc1cc(C)cc(NC(=O)C(C)Sc2c([O-])on[n+]2C)c1. The number of hydrogen-bond acceptors (Lipinski definition) is 5. The van der Waals surface area contributed by atoms with E-state index < -0.39 is 11.2 Å². The van der Waals surface area contributed by atoms with E-state index in [9.17, 15) is 9.90 Å². The molecule has 1 atom stereocenters. The van der Waals surface area contributed by atoms with Gasteiger partial charge in [-0.15, -0.1) is 0 Å². The van der Waals surface area contributed by atoms with Crippen molar-refractivity contribution in [2.75, 3.05) is 5.32 Å². The monoisotopic (exact) mass is 307 g/mol. The Morgan fingerprint density at radius 2 is 2.00 bits per heavy atom. The van der Waals surface area contributed by atoms with Crippen molar-refractivity contribution in [3.05, 3.63) is 29.3 Å². The molecule has 0 aliphatic carbocycles. The minimum atomic E-state index is -0.534. The zero-order chi connectivity index (χ0) is 15.6. The largest absolute Gasteiger partial charge is 0.538 e. The van der Waals surface area contributed by atoms with Crippen molar-refractivity contribution in [1.82, 2.24) is 5.27 Å². The van der Waals surface area contributed by atoms with Gasteiger partial charge in [0, 0.05) is 5.69 Å². The van der Waals surface area contributed by atoms with E-state index in [-0.39, 0.29) is 5.91 Å². The first-order valence-corrected chi connectivity index (χ1v) is 7.33. The lowest BCUT2D eigenvalue weighted by Crippen LogP contribution is -2.33. The predicted octanol–water partition coefficient (Wildman–Crippen LogP) is 1.31. The lowest BCUT2D eigenvalue weighted by molar-refractivity contribution is -0.772. The molecule has 1 N–H and O–H groups in total. The molecule has 0 saturated carbocycles. The molecular formula is C14H17N3O3S. The number of aryl methyl sites for hydroxylation is 3. The van der Waals surface area contributed by atoms with Crippen LogP contribution in [-0.4, -0.2) is 16.4 Å². The molecule has 0 fully saturated rings. The molecule has 6 nitrogen and oxygen atoms in total. The normalized spacial score (nSPS) is 12.2. The zero-order valence-corrected chi connectivity index (χ0v) is 13.2. The summed E-state index contributed by atoms with van der Waals surface area (Å²) >= 11 is 1.12. The van der Waals surface area contributed by atoms with Crippen molar-refractivity contribution in [3.63, 3.8) is 0 Å². The molecule has 1 aromatic carbocycles. The van der Waals surface area contributed by atoms with Crippen LogP contribution in [0.1, 0.15) is 18.1 Å². The van der Waals surface area contributed by atoms with E-state index in [0.717, 1.165) is 28.6 Å². The quantitative estimate of drug-likeness (QED) is 0.680. The lowest BCUT2D eigenvalue weighted by atomic mass is 10.1. The van der Waals surface area contributed by atoms with Gasteiger partial charge in [-0.05, 0) is 55.8 Å². The van der Waals surface area contributed by atoms with Gasteiger partial charge in [0.1, 0.15) is 0 Å². The Labute approximate surface area is 127 Å². The van der Waals surface area contributed by atoms with Gasteiger partial charge in [0.15, 0.2) is 13.0 Å². The number of anilines is 1. The number of benzene rings is 1. The van der Waals surface area contributed by atoms with Crippen LogP contribution in [0.5, 0.6) is 5.95 Å². The number of nitrogens with zero attached hydrogens (tertiary/aromatic N) is 2. The average molecular weight is 307 g/mol. The molecule has 0 radical (unpaired) electrons. The Bertz CT molecular complexity index is 630. The van der Waals surface area contributed by atoms with Crippen LogP contribution < -0.4 is 15.1 Å². The molecule has 2 aromatic rings. The van der Waals surface area contributed by atoms with Crippen LogP contribution in [0.25, 0.3) is 0 Å². The maximum atomic E-state index is 12.2. The Morgan fingerprint density at radius 1 is 1.38 bits per heavy atom. The molecule has 0 spiro atoms. The van der Waals surface area contributed by atoms with Crippen LogP contribution in [-0.2, 0) is 11.8 Å². The summed E-state index contributed by atoms with van der Waals surface area (Å²) in [5, 5.41) is 17.7. The highest BCUT2D eigenvalue weighted by atomic mass is 32.2. The number of carbonyl (C=O) groups is 1. The Kier molecular flexibility index (Phi) is 4.52. The highest BCUT2D eigenvalue weighted by Crippen LogP contribution is 2.26. The Balaban J connectivity index is 2.06. The number of rotatable bonds is 4. The second-order valence-electron chi connectivity index (χ2n) is 4.91. The number of carbonyl (C=O) groups excluding carboxylic acids is 1. The second-order valence-corrected chi connectivity index (χ2v) is 6.24. The van der Waals surface area contributed by atoms with Gasteiger partial charge in [0.25, 0.3) is 5.03 Å². The molecule has 0 bridgehead atoms. The molecule has 1 aromatic heterocycles. The minimum absolute atomic E-state index is 0.175. The van der Waals surface area contributed by atoms with Gasteiger partial charge in [0.05, 0.1) is 10.5 Å². The molecule has 0 aliphatic heterocycles. The number of amides is 1. The van der Waals surface area contributed by atoms with Gasteiger partial charge >= 0.3 is 0 Å². The predicted molar refractivity (Wildman–Crippen MR) is 77.0 cm³/mol. The third-order valence-electron chi connectivity index (χ3n) is 2.86. The van der Waals surface area contributed by atoms with Crippen LogP contribution in [0.3, 0.4) is 0 Å². The van der Waals surface area contributed by atoms with Crippen molar-refractivity contribution in [1.29, 1.82) is 0 Å². The lowest BCUT2D eigenvalue weighted by Gasteiger charge is -2.11. The van der Waals surface area contributed by atoms with Crippen molar-refractivity contribution < 1.29 is 19.1 Å². The molecule has 0 aliphatic rings. The summed E-state index contributed by atoms with van der Waals surface area (Å²) in [7, 11) is 1.60. The van der Waals surface area contributed by atoms with Gasteiger partial charge < -0.3 is 14.9 Å². The zero-order valence-electron chi connectivity index (χ0n) is 12.3. The van der Waals surface area contributed by atoms with Crippen LogP contribution in [0.15, 0.2) is 27.7 Å². The standard InChI is InChI=1S/C14H17N3O3S/c1-8-5-9(2)7-11(6-8)15-12(18)10(3)21-13-14(19)20-16-17(13)4/h5-7,10H,1-4H3,(H-,15,16,18,19). The van der Waals surface area contributed by atoms with E-state index in [1.165, 1.54) is 4.68 Å². The molecule has 1 heterocycles. The smallest absolute Gasteiger partial charge is 0.291 e. The molecular weight excluding hydrogens is 290 g/mol. The summed E-state index contributed by atoms with van der Waals surface area (Å²) in [6.45, 7) is 5.68. The van der Waals surface area contributed by atoms with Crippen LogP contribution in [0.2, 0.25) is 0 Å². The summed E-state index contributed by atoms with van der Waals surface area (Å²) in [5.41, 5.74) is 2.91. The van der Waals surface area contributed by atoms with Gasteiger partial charge in [-0.1, -0.05) is 10.7 Å². The third kappa shape index (κ3) is 3.75. The van der Waals surface area contributed by atoms with Crippen LogP contribution in [0, 0.1) is 13.8 Å². The first kappa shape index (κ1) is 15.4. The molecule has 1 unspecified atom stereocenters. The molecule has 7 heteroatoms. The maximum absolute atomic E-state index is 12.2. The molecule has 0 saturated heterocycles. The second kappa shape index (κ2) is 6.17. The molecule has 112 valence electrons. The molecule has 21 heavy (non-hydrogen) atoms. The van der Waals surface area contributed by atoms with Crippen molar-refractivity contribution in [2.24, 2.45) is 7.05 Å². The van der Waals surface area contributed by atoms with Crippen molar-refractivity contribution in [2.45, 2.75) is 31.0 Å². The number of nitrogens with one attached hydrogen (secondary N) is 1. The minimum Gasteiger partial charge on any atom is -0.538 e. The Hall–Kier alpha value is -2.02. The van der Waals surface area contributed by atoms with Crippen LogP contribution >= 0.6 is 11.8 Å². The van der Waals surface area contributed by atoms with Crippen LogP contribution in [0.4, 0.5) is 5.69 Å². The fraction of sp³-hybridized carbons (Fsp3) is 0.357. The van der Waals surface area contributed by atoms with Crippen molar-refractivity contribution >= 4 is 23.4 Å². The van der Waals surface area contributed by atoms with Gasteiger partial charge in [0.2, 0.25) is 5.91 Å². The van der Waals surface area contributed by atoms with E-state index in [2.05, 4.69) is 15.1 Å². The fourth-order valence-electron chi connectivity index (χ4n) is 1.94. The van der Waals surface area contributed by atoms with Crippen molar-refractivity contribution in [3.8, 4) is 5.95 Å². The number of hydrogen-bond donors (Lipinski definition) is 1. The van der Waals surface area contributed by atoms with Gasteiger partial charge in [-0.25, -0.2) is 0 Å². The molecule has 2 rings (SSSR count). The van der Waals surface area contributed by atoms with Gasteiger partial charge in [-0.3, -0.25) is 4.79 Å². The fourth-order valence-corrected chi connectivity index (χ4v) is 2.76. The van der Waals surface area contributed by atoms with E-state index in [0.29, 0.717) is 5.03 Å². The van der Waals surface area contributed by atoms with Gasteiger partial charge in [-0.2, -0.15) is 0 Å².